The fraction of sp³-hybridized carbons (Fsp3) is 0.125. The molecule has 2 N–H and O–H groups in total. The smallest absolute Gasteiger partial charge is 0.268 e. The molecule has 8 heteroatoms. The van der Waals surface area contributed by atoms with E-state index >= 15 is 0 Å². The van der Waals surface area contributed by atoms with Crippen LogP contribution in [0.3, 0.4) is 0 Å². The third-order valence-electron chi connectivity index (χ3n) is 3.40. The molecule has 0 unspecified atom stereocenters. The van der Waals surface area contributed by atoms with Crippen LogP contribution in [0.15, 0.2) is 59.8 Å². The van der Waals surface area contributed by atoms with Crippen LogP contribution < -0.4 is 5.73 Å². The highest BCUT2D eigenvalue weighted by atomic mass is 32.2. The van der Waals surface area contributed by atoms with Crippen LogP contribution in [0, 0.1) is 5.82 Å². The molecule has 3 rings (SSSR count). The predicted molar refractivity (Wildman–Crippen MR) is 87.3 cm³/mol. The first-order valence-electron chi connectivity index (χ1n) is 7.15. The van der Waals surface area contributed by atoms with Crippen molar-refractivity contribution < 1.29 is 12.8 Å². The van der Waals surface area contributed by atoms with Crippen LogP contribution >= 0.6 is 0 Å². The topological polar surface area (TPSA) is 90.9 Å². The van der Waals surface area contributed by atoms with Gasteiger partial charge in [0.1, 0.15) is 5.82 Å². The molecular weight excluding hydrogens is 331 g/mol. The van der Waals surface area contributed by atoms with E-state index in [0.29, 0.717) is 5.56 Å². The number of nitrogens with zero attached hydrogens (tertiary/aromatic N) is 3. The van der Waals surface area contributed by atoms with Gasteiger partial charge in [0, 0.05) is 0 Å². The number of sulfone groups is 1. The molecule has 0 spiro atoms. The third kappa shape index (κ3) is 3.60. The highest BCUT2D eigenvalue weighted by Gasteiger charge is 2.22. The van der Waals surface area contributed by atoms with E-state index in [1.165, 1.54) is 16.8 Å². The minimum absolute atomic E-state index is 0.00837. The molecule has 0 aliphatic heterocycles. The second-order valence-corrected chi connectivity index (χ2v) is 7.16. The molecular formula is C16H15FN4O2S. The van der Waals surface area contributed by atoms with Crippen molar-refractivity contribution in [1.82, 2.24) is 14.8 Å². The van der Waals surface area contributed by atoms with Crippen molar-refractivity contribution in [3.05, 3.63) is 71.5 Å². The van der Waals surface area contributed by atoms with Crippen LogP contribution in [-0.4, -0.2) is 23.2 Å². The van der Waals surface area contributed by atoms with Gasteiger partial charge in [-0.2, -0.15) is 4.98 Å². The van der Waals surface area contributed by atoms with Crippen LogP contribution in [0.4, 0.5) is 10.3 Å². The minimum atomic E-state index is -3.70. The second kappa shape index (κ2) is 6.40. The van der Waals surface area contributed by atoms with Gasteiger partial charge in [-0.3, -0.25) is 0 Å². The van der Waals surface area contributed by atoms with Crippen LogP contribution in [0.2, 0.25) is 0 Å². The molecule has 0 aliphatic carbocycles. The first-order chi connectivity index (χ1) is 11.4. The Bertz CT molecular complexity index is 938. The Morgan fingerprint density at radius 1 is 1.00 bits per heavy atom. The monoisotopic (exact) mass is 346 g/mol. The number of anilines is 1. The SMILES string of the molecule is Nc1nc(S(=O)(=O)Cc2ccccc2)nn1Cc1ccc(F)cc1. The van der Waals surface area contributed by atoms with Gasteiger partial charge in [0.25, 0.3) is 5.16 Å². The Morgan fingerprint density at radius 3 is 2.33 bits per heavy atom. The van der Waals surface area contributed by atoms with E-state index in [1.54, 1.807) is 36.4 Å². The maximum atomic E-state index is 12.9. The summed E-state index contributed by atoms with van der Waals surface area (Å²) < 4.78 is 39.1. The number of benzene rings is 2. The zero-order chi connectivity index (χ0) is 17.2. The lowest BCUT2D eigenvalue weighted by Gasteiger charge is -2.03. The van der Waals surface area contributed by atoms with E-state index in [4.69, 9.17) is 5.73 Å². The van der Waals surface area contributed by atoms with E-state index < -0.39 is 9.84 Å². The summed E-state index contributed by atoms with van der Waals surface area (Å²) in [6.45, 7) is 0.208. The van der Waals surface area contributed by atoms with Gasteiger partial charge in [0.2, 0.25) is 15.8 Å². The van der Waals surface area contributed by atoms with Crippen molar-refractivity contribution in [3.63, 3.8) is 0 Å². The van der Waals surface area contributed by atoms with Gasteiger partial charge >= 0.3 is 0 Å². The largest absolute Gasteiger partial charge is 0.368 e. The van der Waals surface area contributed by atoms with E-state index in [-0.39, 0.29) is 29.2 Å². The standard InChI is InChI=1S/C16H15FN4O2S/c17-14-8-6-12(7-9-14)10-21-15(18)19-16(20-21)24(22,23)11-13-4-2-1-3-5-13/h1-9H,10-11H2,(H2,18,19,20). The van der Waals surface area contributed by atoms with Gasteiger partial charge in [0.05, 0.1) is 12.3 Å². The Kier molecular flexibility index (Phi) is 4.30. The highest BCUT2D eigenvalue weighted by Crippen LogP contribution is 2.15. The summed E-state index contributed by atoms with van der Waals surface area (Å²) in [5.41, 5.74) is 7.14. The van der Waals surface area contributed by atoms with Crippen molar-refractivity contribution >= 4 is 15.8 Å². The van der Waals surface area contributed by atoms with E-state index in [0.717, 1.165) is 5.56 Å². The Labute approximate surface area is 138 Å². The average Bonchev–Trinajstić information content (AvgIpc) is 2.92. The molecule has 0 bridgehead atoms. The number of nitrogen functional groups attached to an aromatic ring is 1. The number of aromatic nitrogens is 3. The van der Waals surface area contributed by atoms with Gasteiger partial charge in [-0.1, -0.05) is 42.5 Å². The molecule has 0 saturated heterocycles. The number of hydrogen-bond donors (Lipinski definition) is 1. The molecule has 0 aliphatic rings. The summed E-state index contributed by atoms with van der Waals surface area (Å²) in [5.74, 6) is -0.559. The molecule has 124 valence electrons. The molecule has 6 nitrogen and oxygen atoms in total. The molecule has 0 amide bonds. The lowest BCUT2D eigenvalue weighted by atomic mass is 10.2. The van der Waals surface area contributed by atoms with Crippen molar-refractivity contribution in [2.45, 2.75) is 17.5 Å². The van der Waals surface area contributed by atoms with Crippen LogP contribution in [0.25, 0.3) is 0 Å². The quantitative estimate of drug-likeness (QED) is 0.763. The van der Waals surface area contributed by atoms with Crippen molar-refractivity contribution in [2.75, 3.05) is 5.73 Å². The van der Waals surface area contributed by atoms with Crippen molar-refractivity contribution in [1.29, 1.82) is 0 Å². The number of halogens is 1. The van der Waals surface area contributed by atoms with Gasteiger partial charge in [-0.15, -0.1) is 5.10 Å². The third-order valence-corrected chi connectivity index (χ3v) is 4.85. The van der Waals surface area contributed by atoms with E-state index in [1.807, 2.05) is 6.07 Å². The second-order valence-electron chi connectivity index (χ2n) is 5.28. The minimum Gasteiger partial charge on any atom is -0.368 e. The lowest BCUT2D eigenvalue weighted by molar-refractivity contribution is 0.580. The zero-order valence-electron chi connectivity index (χ0n) is 12.6. The molecule has 2 aromatic carbocycles. The fourth-order valence-electron chi connectivity index (χ4n) is 2.20. The van der Waals surface area contributed by atoms with Crippen LogP contribution in [-0.2, 0) is 22.1 Å². The molecule has 1 heterocycles. The summed E-state index contributed by atoms with van der Waals surface area (Å²) in [5, 5.41) is 3.68. The summed E-state index contributed by atoms with van der Waals surface area (Å²) in [7, 11) is -3.70. The molecule has 0 radical (unpaired) electrons. The van der Waals surface area contributed by atoms with Gasteiger partial charge in [-0.05, 0) is 23.3 Å². The number of nitrogens with two attached hydrogens (primary N) is 1. The number of hydrogen-bond acceptors (Lipinski definition) is 5. The first-order valence-corrected chi connectivity index (χ1v) is 8.81. The predicted octanol–water partition coefficient (Wildman–Crippen LogP) is 2.02. The fourth-order valence-corrected chi connectivity index (χ4v) is 3.42. The molecule has 24 heavy (non-hydrogen) atoms. The van der Waals surface area contributed by atoms with Crippen molar-refractivity contribution in [2.24, 2.45) is 0 Å². The average molecular weight is 346 g/mol. The zero-order valence-corrected chi connectivity index (χ0v) is 13.4. The first kappa shape index (κ1) is 16.1. The van der Waals surface area contributed by atoms with Crippen LogP contribution in [0.1, 0.15) is 11.1 Å². The molecule has 0 fully saturated rings. The van der Waals surface area contributed by atoms with E-state index in [9.17, 15) is 12.8 Å². The molecule has 0 atom stereocenters. The van der Waals surface area contributed by atoms with E-state index in [2.05, 4.69) is 10.1 Å². The summed E-state index contributed by atoms with van der Waals surface area (Å²) in [6.07, 6.45) is 0. The molecule has 0 saturated carbocycles. The highest BCUT2D eigenvalue weighted by molar-refractivity contribution is 7.90. The van der Waals surface area contributed by atoms with Gasteiger partial charge in [-0.25, -0.2) is 17.5 Å². The summed E-state index contributed by atoms with van der Waals surface area (Å²) in [4.78, 5) is 3.86. The molecule has 1 aromatic heterocycles. The Hall–Kier alpha value is -2.74. The number of rotatable bonds is 5. The maximum absolute atomic E-state index is 12.9. The van der Waals surface area contributed by atoms with Crippen molar-refractivity contribution in [3.8, 4) is 0 Å². The maximum Gasteiger partial charge on any atom is 0.268 e. The Balaban J connectivity index is 1.83. The lowest BCUT2D eigenvalue weighted by Crippen LogP contribution is -2.09. The summed E-state index contributed by atoms with van der Waals surface area (Å²) >= 11 is 0. The molecule has 3 aromatic rings. The Morgan fingerprint density at radius 2 is 1.67 bits per heavy atom. The van der Waals surface area contributed by atoms with Crippen LogP contribution in [0.5, 0.6) is 0 Å². The van der Waals surface area contributed by atoms with Gasteiger partial charge in [0.15, 0.2) is 0 Å². The normalized spacial score (nSPS) is 11.5. The summed E-state index contributed by atoms with van der Waals surface area (Å²) in [6, 6.07) is 14.6. The van der Waals surface area contributed by atoms with Gasteiger partial charge < -0.3 is 5.73 Å².